The van der Waals surface area contributed by atoms with Crippen LogP contribution >= 0.6 is 26.8 Å². The first kappa shape index (κ1) is 41.3. The summed E-state index contributed by atoms with van der Waals surface area (Å²) in [7, 11) is 4.86. The summed E-state index contributed by atoms with van der Waals surface area (Å²) in [5.41, 5.74) is 0. The molecule has 3 atom stereocenters. The Morgan fingerprint density at radius 2 is 0.805 bits per heavy atom. The molecule has 0 aliphatic carbocycles. The van der Waals surface area contributed by atoms with Crippen molar-refractivity contribution in [2.24, 2.45) is 17.8 Å². The molecule has 0 amide bonds. The molecule has 0 radical (unpaired) electrons. The minimum absolute atomic E-state index is 0.206. The molecule has 0 saturated carbocycles. The Balaban J connectivity index is 5.02. The second kappa shape index (κ2) is 26.6. The number of ether oxygens (including phenoxy) is 3. The second-order valence-corrected chi connectivity index (χ2v) is 46.7. The van der Waals surface area contributed by atoms with Gasteiger partial charge in [-0.15, -0.1) is 0 Å². The number of esters is 3. The van der Waals surface area contributed by atoms with Crippen molar-refractivity contribution in [3.63, 3.8) is 0 Å². The molecule has 0 aliphatic heterocycles. The first-order valence-corrected chi connectivity index (χ1v) is 32.3. The van der Waals surface area contributed by atoms with E-state index in [1.165, 1.54) is 0 Å². The van der Waals surface area contributed by atoms with Crippen LogP contribution in [0.15, 0.2) is 0 Å². The van der Waals surface area contributed by atoms with Crippen LogP contribution in [0, 0.1) is 17.8 Å². The number of carbonyl (C=O) groups is 3. The van der Waals surface area contributed by atoms with Gasteiger partial charge < -0.3 is 0 Å². The Morgan fingerprint density at radius 3 is 1.02 bits per heavy atom. The molecule has 0 aromatic rings. The molecule has 242 valence electrons. The van der Waals surface area contributed by atoms with Crippen LogP contribution in [0.3, 0.4) is 0 Å². The van der Waals surface area contributed by atoms with Gasteiger partial charge in [0.15, 0.2) is 0 Å². The third-order valence-corrected chi connectivity index (χ3v) is 41.5. The van der Waals surface area contributed by atoms with Crippen molar-refractivity contribution in [3.05, 3.63) is 0 Å². The zero-order chi connectivity index (χ0) is 30.9. The molecule has 0 spiro atoms. The fraction of sp³-hybridized carbons (Fsp3) is 0.903. The average molecular weight is 744 g/mol. The van der Waals surface area contributed by atoms with Crippen molar-refractivity contribution in [2.75, 3.05) is 37.1 Å². The Bertz CT molecular complexity index is 608. The van der Waals surface area contributed by atoms with Gasteiger partial charge >= 0.3 is 266 Å². The molecule has 41 heavy (non-hydrogen) atoms. The van der Waals surface area contributed by atoms with E-state index in [4.69, 9.17) is 14.2 Å². The minimum atomic E-state index is -3.24. The first-order valence-electron chi connectivity index (χ1n) is 16.0. The molecular weight excluding hydrogens is 683 g/mol. The molecule has 0 N–H and O–H groups in total. The van der Waals surface area contributed by atoms with Gasteiger partial charge in [-0.25, -0.2) is 0 Å². The quantitative estimate of drug-likeness (QED) is 0.0466. The first-order chi connectivity index (χ1) is 19.7. The molecule has 0 fully saturated rings. The Labute approximate surface area is 264 Å². The van der Waals surface area contributed by atoms with E-state index >= 15 is 0 Å². The van der Waals surface area contributed by atoms with Gasteiger partial charge in [-0.2, -0.15) is 0 Å². The summed E-state index contributed by atoms with van der Waals surface area (Å²) < 4.78 is 16.9. The summed E-state index contributed by atoms with van der Waals surface area (Å²) >= 11 is -3.24. The Hall–Kier alpha value is 0.259. The standard InChI is InChI=1S/3C10H20O2S.CH3.Sn/c3*1-3-5-6-9(4-2)7-12-10(11)8-13;;/h3*9,13H,3-8H2,1-2H3;1H3;/q;;;;+3/p-3/t3*9-;;/m100../s1. The molecule has 0 rings (SSSR count). The number of rotatable bonds is 27. The third-order valence-electron chi connectivity index (χ3n) is 7.43. The van der Waals surface area contributed by atoms with Crippen LogP contribution in [0.5, 0.6) is 0 Å². The maximum absolute atomic E-state index is 12.6. The molecule has 10 heteroatoms. The molecular formula is C31H60O6S3Sn. The van der Waals surface area contributed by atoms with Crippen LogP contribution in [0.4, 0.5) is 0 Å². The molecule has 6 nitrogen and oxygen atoms in total. The predicted octanol–water partition coefficient (Wildman–Crippen LogP) is 9.03. The van der Waals surface area contributed by atoms with Crippen LogP contribution in [0.1, 0.15) is 119 Å². The van der Waals surface area contributed by atoms with Gasteiger partial charge in [0.05, 0.1) is 0 Å². The number of unbranched alkanes of at least 4 members (excludes halogenated alkanes) is 3. The SMILES string of the molecule is CCCC[C@@H](CC)COC(=O)C[S][Sn]([CH3])([S]CC(=O)OC[C@@H](CC)CCCC)[S]CC(=O)OC[C@@H](CC)CCCC. The number of carbonyl (C=O) groups excluding carboxylic acids is 3. The summed E-state index contributed by atoms with van der Waals surface area (Å²) in [6.45, 7) is 14.3. The van der Waals surface area contributed by atoms with Gasteiger partial charge in [-0.1, -0.05) is 0 Å². The van der Waals surface area contributed by atoms with E-state index in [9.17, 15) is 14.4 Å². The molecule has 0 bridgehead atoms. The van der Waals surface area contributed by atoms with Crippen LogP contribution in [-0.4, -0.2) is 69.2 Å². The van der Waals surface area contributed by atoms with E-state index in [-0.39, 0.29) is 35.2 Å². The Morgan fingerprint density at radius 1 is 0.537 bits per heavy atom. The van der Waals surface area contributed by atoms with Crippen LogP contribution in [0.2, 0.25) is 4.94 Å². The van der Waals surface area contributed by atoms with Crippen molar-refractivity contribution in [2.45, 2.75) is 124 Å². The van der Waals surface area contributed by atoms with Crippen LogP contribution in [0.25, 0.3) is 0 Å². The molecule has 0 saturated heterocycles. The van der Waals surface area contributed by atoms with E-state index in [1.807, 2.05) is 0 Å². The fourth-order valence-electron chi connectivity index (χ4n) is 4.15. The number of hydrogen-bond acceptors (Lipinski definition) is 9. The molecule has 0 aromatic carbocycles. The van der Waals surface area contributed by atoms with E-state index in [0.29, 0.717) is 37.6 Å². The van der Waals surface area contributed by atoms with Gasteiger partial charge in [0.2, 0.25) is 0 Å². The summed E-state index contributed by atoms with van der Waals surface area (Å²) in [5, 5.41) is 0. The zero-order valence-corrected chi connectivity index (χ0v) is 32.4. The third kappa shape index (κ3) is 22.4. The van der Waals surface area contributed by atoms with E-state index in [0.717, 1.165) is 77.0 Å². The predicted molar refractivity (Wildman–Crippen MR) is 182 cm³/mol. The van der Waals surface area contributed by atoms with Crippen molar-refractivity contribution in [1.29, 1.82) is 0 Å². The Kier molecular flexibility index (Phi) is 26.8. The summed E-state index contributed by atoms with van der Waals surface area (Å²) in [6.07, 6.45) is 13.1. The second-order valence-electron chi connectivity index (χ2n) is 11.0. The summed E-state index contributed by atoms with van der Waals surface area (Å²) in [5.74, 6) is 1.36. The van der Waals surface area contributed by atoms with Crippen LogP contribution in [-0.2, 0) is 28.6 Å². The van der Waals surface area contributed by atoms with Gasteiger partial charge in [0.25, 0.3) is 0 Å². The number of hydrogen-bond donors (Lipinski definition) is 0. The van der Waals surface area contributed by atoms with E-state index < -0.39 is 14.2 Å². The summed E-state index contributed by atoms with van der Waals surface area (Å²) in [6, 6.07) is 0. The molecule has 0 aromatic heterocycles. The van der Waals surface area contributed by atoms with Gasteiger partial charge in [0.1, 0.15) is 0 Å². The van der Waals surface area contributed by atoms with Crippen molar-refractivity contribution in [1.82, 2.24) is 0 Å². The van der Waals surface area contributed by atoms with E-state index in [2.05, 4.69) is 46.5 Å². The van der Waals surface area contributed by atoms with Crippen molar-refractivity contribution >= 4 is 59.0 Å². The molecule has 0 unspecified atom stereocenters. The van der Waals surface area contributed by atoms with E-state index in [1.54, 1.807) is 26.8 Å². The van der Waals surface area contributed by atoms with Crippen LogP contribution < -0.4 is 0 Å². The molecule has 0 aliphatic rings. The van der Waals surface area contributed by atoms with Crippen molar-refractivity contribution in [3.8, 4) is 0 Å². The average Bonchev–Trinajstić information content (AvgIpc) is 2.98. The van der Waals surface area contributed by atoms with Crippen molar-refractivity contribution < 1.29 is 28.6 Å². The maximum atomic E-state index is 12.6. The topological polar surface area (TPSA) is 78.9 Å². The normalized spacial score (nSPS) is 13.8. The monoisotopic (exact) mass is 744 g/mol. The van der Waals surface area contributed by atoms with Gasteiger partial charge in [-0.05, 0) is 0 Å². The summed E-state index contributed by atoms with van der Waals surface area (Å²) in [4.78, 5) is 40.1. The zero-order valence-electron chi connectivity index (χ0n) is 27.1. The van der Waals surface area contributed by atoms with Gasteiger partial charge in [-0.3, -0.25) is 0 Å². The molecule has 0 heterocycles. The fourth-order valence-corrected chi connectivity index (χ4v) is 29.8. The van der Waals surface area contributed by atoms with Gasteiger partial charge in [0, 0.05) is 0 Å².